The fraction of sp³-hybridized carbons (Fsp3) is 0.579. The molecule has 1 aliphatic rings. The number of anilines is 1. The molecule has 1 amide bonds. The molecule has 0 aromatic heterocycles. The van der Waals surface area contributed by atoms with E-state index in [-0.39, 0.29) is 12.5 Å². The van der Waals surface area contributed by atoms with Crippen molar-refractivity contribution in [3.05, 3.63) is 18.2 Å². The number of carbonyl (C=O) groups excluding carboxylic acids is 1. The van der Waals surface area contributed by atoms with Gasteiger partial charge in [0.2, 0.25) is 5.91 Å². The van der Waals surface area contributed by atoms with Crippen LogP contribution in [0.25, 0.3) is 0 Å². The van der Waals surface area contributed by atoms with E-state index in [1.807, 2.05) is 25.1 Å². The summed E-state index contributed by atoms with van der Waals surface area (Å²) < 4.78 is 10.6. The SMILES string of the molecule is CCNC(=NCC(=O)NC1CCCCC1)Nc1ccc(OC)c(OC)c1. The molecule has 0 bridgehead atoms. The standard InChI is InChI=1S/C19H30N4O3/c1-4-20-19(21-13-18(24)22-14-8-6-5-7-9-14)23-15-10-11-16(25-2)17(12-15)26-3/h10-12,14H,4-9,13H2,1-3H3,(H,22,24)(H2,20,21,23). The maximum absolute atomic E-state index is 12.1. The average Bonchev–Trinajstić information content (AvgIpc) is 2.67. The summed E-state index contributed by atoms with van der Waals surface area (Å²) in [5, 5.41) is 9.41. The molecule has 0 spiro atoms. The van der Waals surface area contributed by atoms with Crippen molar-refractivity contribution < 1.29 is 14.3 Å². The third-order valence-electron chi connectivity index (χ3n) is 4.34. The molecule has 7 heteroatoms. The van der Waals surface area contributed by atoms with Crippen LogP contribution in [0.3, 0.4) is 0 Å². The van der Waals surface area contributed by atoms with Crippen molar-refractivity contribution in [3.63, 3.8) is 0 Å². The Morgan fingerprint density at radius 2 is 1.88 bits per heavy atom. The molecule has 7 nitrogen and oxygen atoms in total. The number of ether oxygens (including phenoxy) is 2. The summed E-state index contributed by atoms with van der Waals surface area (Å²) in [5.41, 5.74) is 0.801. The number of nitrogens with zero attached hydrogens (tertiary/aromatic N) is 1. The van der Waals surface area contributed by atoms with E-state index in [2.05, 4.69) is 20.9 Å². The number of nitrogens with one attached hydrogen (secondary N) is 3. The molecular weight excluding hydrogens is 332 g/mol. The van der Waals surface area contributed by atoms with Crippen molar-refractivity contribution >= 4 is 17.6 Å². The molecule has 144 valence electrons. The van der Waals surface area contributed by atoms with Gasteiger partial charge in [0.1, 0.15) is 6.54 Å². The Hall–Kier alpha value is -2.44. The Balaban J connectivity index is 1.96. The Morgan fingerprint density at radius 1 is 1.15 bits per heavy atom. The monoisotopic (exact) mass is 362 g/mol. The maximum atomic E-state index is 12.1. The molecule has 2 rings (SSSR count). The van der Waals surface area contributed by atoms with E-state index < -0.39 is 0 Å². The third kappa shape index (κ3) is 6.13. The number of carbonyl (C=O) groups is 1. The zero-order valence-electron chi connectivity index (χ0n) is 15.9. The summed E-state index contributed by atoms with van der Waals surface area (Å²) in [5.74, 6) is 1.80. The van der Waals surface area contributed by atoms with Crippen molar-refractivity contribution in [1.29, 1.82) is 0 Å². The summed E-state index contributed by atoms with van der Waals surface area (Å²) >= 11 is 0. The van der Waals surface area contributed by atoms with Crippen LogP contribution in [0.2, 0.25) is 0 Å². The maximum Gasteiger partial charge on any atom is 0.242 e. The molecule has 1 aliphatic carbocycles. The fourth-order valence-electron chi connectivity index (χ4n) is 3.03. The summed E-state index contributed by atoms with van der Waals surface area (Å²) in [6, 6.07) is 5.82. The van der Waals surface area contributed by atoms with Gasteiger partial charge in [-0.15, -0.1) is 0 Å². The number of hydrogen-bond donors (Lipinski definition) is 3. The van der Waals surface area contributed by atoms with Crippen molar-refractivity contribution in [3.8, 4) is 11.5 Å². The van der Waals surface area contributed by atoms with Gasteiger partial charge >= 0.3 is 0 Å². The highest BCUT2D eigenvalue weighted by Gasteiger charge is 2.15. The first kappa shape index (κ1) is 19.9. The van der Waals surface area contributed by atoms with Crippen molar-refractivity contribution in [2.24, 2.45) is 4.99 Å². The van der Waals surface area contributed by atoms with E-state index in [0.717, 1.165) is 18.5 Å². The lowest BCUT2D eigenvalue weighted by Gasteiger charge is -2.22. The van der Waals surface area contributed by atoms with Gasteiger partial charge in [-0.25, -0.2) is 4.99 Å². The molecule has 1 fully saturated rings. The van der Waals surface area contributed by atoms with Gasteiger partial charge < -0.3 is 25.4 Å². The van der Waals surface area contributed by atoms with Gasteiger partial charge in [0.25, 0.3) is 0 Å². The van der Waals surface area contributed by atoms with Crippen LogP contribution in [0, 0.1) is 0 Å². The van der Waals surface area contributed by atoms with Crippen LogP contribution in [-0.4, -0.2) is 45.2 Å². The predicted octanol–water partition coefficient (Wildman–Crippen LogP) is 2.53. The van der Waals surface area contributed by atoms with Gasteiger partial charge in [-0.3, -0.25) is 4.79 Å². The predicted molar refractivity (Wildman–Crippen MR) is 104 cm³/mol. The van der Waals surface area contributed by atoms with Crippen LogP contribution < -0.4 is 25.4 Å². The number of rotatable bonds is 7. The fourth-order valence-corrected chi connectivity index (χ4v) is 3.03. The largest absolute Gasteiger partial charge is 0.493 e. The highest BCUT2D eigenvalue weighted by molar-refractivity contribution is 5.95. The molecule has 0 saturated heterocycles. The lowest BCUT2D eigenvalue weighted by molar-refractivity contribution is -0.120. The minimum atomic E-state index is -0.0404. The minimum absolute atomic E-state index is 0.0404. The Labute approximate surface area is 155 Å². The molecule has 1 aromatic rings. The second-order valence-corrected chi connectivity index (χ2v) is 6.29. The van der Waals surface area contributed by atoms with E-state index in [9.17, 15) is 4.79 Å². The number of methoxy groups -OCH3 is 2. The van der Waals surface area contributed by atoms with Crippen LogP contribution in [-0.2, 0) is 4.79 Å². The first-order valence-corrected chi connectivity index (χ1v) is 9.23. The smallest absolute Gasteiger partial charge is 0.242 e. The molecule has 0 aliphatic heterocycles. The summed E-state index contributed by atoms with van der Waals surface area (Å²) in [7, 11) is 3.19. The number of amides is 1. The first-order chi connectivity index (χ1) is 12.7. The van der Waals surface area contributed by atoms with E-state index in [1.165, 1.54) is 19.3 Å². The first-order valence-electron chi connectivity index (χ1n) is 9.23. The number of hydrogen-bond acceptors (Lipinski definition) is 4. The zero-order valence-corrected chi connectivity index (χ0v) is 15.9. The van der Waals surface area contributed by atoms with Crippen molar-refractivity contribution in [2.75, 3.05) is 32.6 Å². The van der Waals surface area contributed by atoms with Gasteiger partial charge in [0.15, 0.2) is 17.5 Å². The van der Waals surface area contributed by atoms with E-state index in [1.54, 1.807) is 14.2 Å². The van der Waals surface area contributed by atoms with Crippen LogP contribution in [0.4, 0.5) is 5.69 Å². The van der Waals surface area contributed by atoms with Gasteiger partial charge in [-0.1, -0.05) is 19.3 Å². The second kappa shape index (κ2) is 10.5. The molecule has 1 aromatic carbocycles. The van der Waals surface area contributed by atoms with Gasteiger partial charge in [0, 0.05) is 24.3 Å². The molecule has 0 unspecified atom stereocenters. The summed E-state index contributed by atoms with van der Waals surface area (Å²) in [6.07, 6.45) is 5.79. The molecule has 3 N–H and O–H groups in total. The minimum Gasteiger partial charge on any atom is -0.493 e. The van der Waals surface area contributed by atoms with Crippen LogP contribution in [0.15, 0.2) is 23.2 Å². The Morgan fingerprint density at radius 3 is 2.54 bits per heavy atom. The highest BCUT2D eigenvalue weighted by Crippen LogP contribution is 2.29. The molecule has 26 heavy (non-hydrogen) atoms. The Bertz CT molecular complexity index is 613. The lowest BCUT2D eigenvalue weighted by atomic mass is 9.95. The van der Waals surface area contributed by atoms with Crippen molar-refractivity contribution in [1.82, 2.24) is 10.6 Å². The summed E-state index contributed by atoms with van der Waals surface area (Å²) in [4.78, 5) is 16.5. The second-order valence-electron chi connectivity index (χ2n) is 6.29. The zero-order chi connectivity index (χ0) is 18.8. The van der Waals surface area contributed by atoms with Crippen LogP contribution in [0.5, 0.6) is 11.5 Å². The molecular formula is C19H30N4O3. The summed E-state index contributed by atoms with van der Waals surface area (Å²) in [6.45, 7) is 2.77. The normalized spacial score (nSPS) is 15.3. The van der Waals surface area contributed by atoms with E-state index >= 15 is 0 Å². The quantitative estimate of drug-likeness (QED) is 0.513. The number of guanidine groups is 1. The van der Waals surface area contributed by atoms with Gasteiger partial charge in [0.05, 0.1) is 14.2 Å². The van der Waals surface area contributed by atoms with E-state index in [0.29, 0.717) is 30.0 Å². The molecule has 0 radical (unpaired) electrons. The average molecular weight is 362 g/mol. The van der Waals surface area contributed by atoms with Crippen LogP contribution in [0.1, 0.15) is 39.0 Å². The van der Waals surface area contributed by atoms with Crippen LogP contribution >= 0.6 is 0 Å². The highest BCUT2D eigenvalue weighted by atomic mass is 16.5. The lowest BCUT2D eigenvalue weighted by Crippen LogP contribution is -2.38. The number of benzene rings is 1. The molecule has 1 saturated carbocycles. The molecule has 0 heterocycles. The Kier molecular flexibility index (Phi) is 8.05. The van der Waals surface area contributed by atoms with Gasteiger partial charge in [-0.2, -0.15) is 0 Å². The molecule has 0 atom stereocenters. The van der Waals surface area contributed by atoms with Crippen molar-refractivity contribution in [2.45, 2.75) is 45.1 Å². The third-order valence-corrected chi connectivity index (χ3v) is 4.34. The topological polar surface area (TPSA) is 84.0 Å². The number of aliphatic imine (C=N–C) groups is 1. The van der Waals surface area contributed by atoms with E-state index in [4.69, 9.17) is 9.47 Å². The van der Waals surface area contributed by atoms with Gasteiger partial charge in [-0.05, 0) is 31.9 Å².